The Balaban J connectivity index is 1.60. The van der Waals surface area contributed by atoms with Crippen molar-refractivity contribution in [1.29, 1.82) is 0 Å². The van der Waals surface area contributed by atoms with Gasteiger partial charge in [-0.15, -0.1) is 0 Å². The Morgan fingerprint density at radius 3 is 2.30 bits per heavy atom. The second kappa shape index (κ2) is 13.0. The highest BCUT2D eigenvalue weighted by Crippen LogP contribution is 2.17. The Labute approximate surface area is 180 Å². The first-order chi connectivity index (χ1) is 14.5. The molecular weight excluding hydrogens is 380 g/mol. The molecule has 3 N–H and O–H groups in total. The number of unbranched alkanes of at least 4 members (excludes halogenated alkanes) is 4. The summed E-state index contributed by atoms with van der Waals surface area (Å²) >= 11 is 0. The molecule has 7 heteroatoms. The Kier molecular flexibility index (Phi) is 10.3. The van der Waals surface area contributed by atoms with Crippen LogP contribution in [0, 0.1) is 0 Å². The van der Waals surface area contributed by atoms with Crippen molar-refractivity contribution in [3.05, 3.63) is 24.3 Å². The minimum Gasteiger partial charge on any atom is -0.374 e. The van der Waals surface area contributed by atoms with Crippen molar-refractivity contribution in [2.24, 2.45) is 0 Å². The van der Waals surface area contributed by atoms with Gasteiger partial charge in [-0.2, -0.15) is 0 Å². The van der Waals surface area contributed by atoms with Crippen LogP contribution in [-0.2, 0) is 14.4 Å². The van der Waals surface area contributed by atoms with E-state index in [1.807, 2.05) is 24.3 Å². The quantitative estimate of drug-likeness (QED) is 0.338. The van der Waals surface area contributed by atoms with E-state index >= 15 is 0 Å². The van der Waals surface area contributed by atoms with Gasteiger partial charge in [0.15, 0.2) is 0 Å². The van der Waals surface area contributed by atoms with Gasteiger partial charge < -0.3 is 15.5 Å². The van der Waals surface area contributed by atoms with Gasteiger partial charge in [0.25, 0.3) is 0 Å². The fourth-order valence-corrected chi connectivity index (χ4v) is 3.60. The third-order valence-electron chi connectivity index (χ3n) is 5.52. The molecule has 1 saturated heterocycles. The van der Waals surface area contributed by atoms with Crippen LogP contribution in [0.15, 0.2) is 24.3 Å². The lowest BCUT2D eigenvalue weighted by molar-refractivity contribution is -0.133. The number of piperidine rings is 1. The van der Waals surface area contributed by atoms with Gasteiger partial charge in [0.1, 0.15) is 6.04 Å². The zero-order valence-corrected chi connectivity index (χ0v) is 18.3. The van der Waals surface area contributed by atoms with Crippen molar-refractivity contribution in [3.63, 3.8) is 0 Å². The number of hydrogen-bond donors (Lipinski definition) is 3. The molecule has 0 aliphatic carbocycles. The maximum atomic E-state index is 12.1. The van der Waals surface area contributed by atoms with Gasteiger partial charge >= 0.3 is 0 Å². The van der Waals surface area contributed by atoms with E-state index in [9.17, 15) is 14.4 Å². The van der Waals surface area contributed by atoms with Crippen molar-refractivity contribution in [2.75, 3.05) is 30.3 Å². The monoisotopic (exact) mass is 416 g/mol. The SMILES string of the molecule is CCN(CC)CCCCCCCC(=O)Nc1ccc(NC2CCC(=O)NC2=O)cc1. The van der Waals surface area contributed by atoms with E-state index in [2.05, 4.69) is 34.7 Å². The summed E-state index contributed by atoms with van der Waals surface area (Å²) in [6.45, 7) is 7.80. The molecule has 0 radical (unpaired) electrons. The molecule has 30 heavy (non-hydrogen) atoms. The lowest BCUT2D eigenvalue weighted by Crippen LogP contribution is -2.47. The van der Waals surface area contributed by atoms with Crippen LogP contribution >= 0.6 is 0 Å². The lowest BCUT2D eigenvalue weighted by atomic mass is 10.1. The largest absolute Gasteiger partial charge is 0.374 e. The first kappa shape index (κ1) is 23.9. The molecule has 1 aliphatic heterocycles. The molecule has 0 bridgehead atoms. The van der Waals surface area contributed by atoms with Crippen LogP contribution in [0.1, 0.15) is 65.2 Å². The van der Waals surface area contributed by atoms with E-state index in [0.717, 1.165) is 37.3 Å². The number of nitrogens with one attached hydrogen (secondary N) is 3. The van der Waals surface area contributed by atoms with Crippen molar-refractivity contribution >= 4 is 29.1 Å². The molecule has 7 nitrogen and oxygen atoms in total. The highest BCUT2D eigenvalue weighted by Gasteiger charge is 2.26. The van der Waals surface area contributed by atoms with E-state index in [4.69, 9.17) is 0 Å². The minimum absolute atomic E-state index is 0.0315. The van der Waals surface area contributed by atoms with Gasteiger partial charge in [0.2, 0.25) is 17.7 Å². The van der Waals surface area contributed by atoms with Crippen LogP contribution < -0.4 is 16.0 Å². The van der Waals surface area contributed by atoms with E-state index < -0.39 is 6.04 Å². The number of hydrogen-bond acceptors (Lipinski definition) is 5. The Bertz CT molecular complexity index is 686. The van der Waals surface area contributed by atoms with Crippen LogP contribution in [-0.4, -0.2) is 48.3 Å². The molecule has 2 rings (SSSR count). The van der Waals surface area contributed by atoms with E-state index in [0.29, 0.717) is 19.3 Å². The topological polar surface area (TPSA) is 90.5 Å². The Morgan fingerprint density at radius 2 is 1.63 bits per heavy atom. The van der Waals surface area contributed by atoms with E-state index in [1.54, 1.807) is 0 Å². The lowest BCUT2D eigenvalue weighted by Gasteiger charge is -2.22. The molecule has 166 valence electrons. The molecule has 1 aliphatic rings. The summed E-state index contributed by atoms with van der Waals surface area (Å²) in [6, 6.07) is 6.89. The first-order valence-corrected chi connectivity index (χ1v) is 11.2. The predicted molar refractivity (Wildman–Crippen MR) is 120 cm³/mol. The molecular formula is C23H36N4O3. The summed E-state index contributed by atoms with van der Waals surface area (Å²) in [5, 5.41) is 8.38. The minimum atomic E-state index is -0.407. The van der Waals surface area contributed by atoms with Gasteiger partial charge in [0, 0.05) is 24.2 Å². The second-order valence-electron chi connectivity index (χ2n) is 7.82. The van der Waals surface area contributed by atoms with Gasteiger partial charge in [-0.05, 0) is 63.2 Å². The molecule has 3 amide bonds. The molecule has 0 aromatic heterocycles. The van der Waals surface area contributed by atoms with Gasteiger partial charge in [-0.3, -0.25) is 19.7 Å². The first-order valence-electron chi connectivity index (χ1n) is 11.2. The zero-order chi connectivity index (χ0) is 21.8. The van der Waals surface area contributed by atoms with Crippen LogP contribution in [0.25, 0.3) is 0 Å². The van der Waals surface area contributed by atoms with Crippen molar-refractivity contribution in [3.8, 4) is 0 Å². The summed E-state index contributed by atoms with van der Waals surface area (Å²) in [5.41, 5.74) is 1.53. The normalized spacial score (nSPS) is 16.4. The smallest absolute Gasteiger partial charge is 0.249 e. The number of amides is 3. The van der Waals surface area contributed by atoms with Crippen molar-refractivity contribution < 1.29 is 14.4 Å². The molecule has 1 aromatic carbocycles. The van der Waals surface area contributed by atoms with Crippen LogP contribution in [0.3, 0.4) is 0 Å². The van der Waals surface area contributed by atoms with Crippen molar-refractivity contribution in [1.82, 2.24) is 10.2 Å². The maximum absolute atomic E-state index is 12.1. The fraction of sp³-hybridized carbons (Fsp3) is 0.609. The molecule has 1 heterocycles. The standard InChI is InChI=1S/C23H36N4O3/c1-3-27(4-2)17-9-7-5-6-8-10-21(28)25-19-13-11-18(12-14-19)24-20-15-16-22(29)26-23(20)30/h11-14,20,24H,3-10,15-17H2,1-2H3,(H,25,28)(H,26,29,30). The van der Waals surface area contributed by atoms with Crippen LogP contribution in [0.5, 0.6) is 0 Å². The summed E-state index contributed by atoms with van der Waals surface area (Å²) in [5.74, 6) is -0.489. The highest BCUT2D eigenvalue weighted by molar-refractivity contribution is 6.01. The average molecular weight is 417 g/mol. The molecule has 1 fully saturated rings. The number of nitrogens with zero attached hydrogens (tertiary/aromatic N) is 1. The molecule has 0 spiro atoms. The number of benzene rings is 1. The van der Waals surface area contributed by atoms with E-state index in [1.165, 1.54) is 25.8 Å². The predicted octanol–water partition coefficient (Wildman–Crippen LogP) is 3.52. The van der Waals surface area contributed by atoms with E-state index in [-0.39, 0.29) is 17.7 Å². The third-order valence-corrected chi connectivity index (χ3v) is 5.52. The summed E-state index contributed by atoms with van der Waals surface area (Å²) in [6.07, 6.45) is 6.98. The summed E-state index contributed by atoms with van der Waals surface area (Å²) in [4.78, 5) is 37.6. The summed E-state index contributed by atoms with van der Waals surface area (Å²) < 4.78 is 0. The van der Waals surface area contributed by atoms with Crippen molar-refractivity contribution in [2.45, 2.75) is 71.3 Å². The van der Waals surface area contributed by atoms with Gasteiger partial charge in [-0.1, -0.05) is 33.1 Å². The van der Waals surface area contributed by atoms with Crippen LogP contribution in [0.4, 0.5) is 11.4 Å². The number of imide groups is 1. The Hall–Kier alpha value is -2.41. The number of carbonyl (C=O) groups excluding carboxylic acids is 3. The number of anilines is 2. The second-order valence-corrected chi connectivity index (χ2v) is 7.82. The molecule has 1 atom stereocenters. The average Bonchev–Trinajstić information content (AvgIpc) is 2.73. The van der Waals surface area contributed by atoms with Gasteiger partial charge in [0.05, 0.1) is 0 Å². The maximum Gasteiger partial charge on any atom is 0.249 e. The molecule has 1 unspecified atom stereocenters. The molecule has 0 saturated carbocycles. The molecule has 1 aromatic rings. The highest BCUT2D eigenvalue weighted by atomic mass is 16.2. The number of rotatable bonds is 13. The number of carbonyl (C=O) groups is 3. The fourth-order valence-electron chi connectivity index (χ4n) is 3.60. The Morgan fingerprint density at radius 1 is 1.00 bits per heavy atom. The van der Waals surface area contributed by atoms with Gasteiger partial charge in [-0.25, -0.2) is 0 Å². The zero-order valence-electron chi connectivity index (χ0n) is 18.3. The third kappa shape index (κ3) is 8.53. The van der Waals surface area contributed by atoms with Crippen LogP contribution in [0.2, 0.25) is 0 Å². The summed E-state index contributed by atoms with van der Waals surface area (Å²) in [7, 11) is 0.